The summed E-state index contributed by atoms with van der Waals surface area (Å²) in [6, 6.07) is 4.94. The highest BCUT2D eigenvalue weighted by Gasteiger charge is 2.25. The maximum absolute atomic E-state index is 11.2. The van der Waals surface area contributed by atoms with Gasteiger partial charge in [0, 0.05) is 10.0 Å². The molecule has 68 valence electrons. The van der Waals surface area contributed by atoms with Gasteiger partial charge in [-0.15, -0.1) is 0 Å². The van der Waals surface area contributed by atoms with Gasteiger partial charge < -0.3 is 10.5 Å². The molecule has 0 aliphatic carbocycles. The van der Waals surface area contributed by atoms with Crippen molar-refractivity contribution in [3.05, 3.63) is 28.2 Å². The summed E-state index contributed by atoms with van der Waals surface area (Å²) >= 11 is 3.32. The smallest absolute Gasteiger partial charge is 0.191 e. The molecule has 0 radical (unpaired) electrons. The van der Waals surface area contributed by atoms with Crippen molar-refractivity contribution in [3.8, 4) is 5.75 Å². The van der Waals surface area contributed by atoms with Gasteiger partial charge >= 0.3 is 0 Å². The molecule has 0 fully saturated rings. The molecular weight excluding hydrogens is 234 g/mol. The highest BCUT2D eigenvalue weighted by molar-refractivity contribution is 9.10. The van der Waals surface area contributed by atoms with E-state index < -0.39 is 6.04 Å². The van der Waals surface area contributed by atoms with E-state index in [9.17, 15) is 4.79 Å². The average molecular weight is 242 g/mol. The number of ether oxygens (including phenoxy) is 1. The van der Waals surface area contributed by atoms with E-state index in [1.165, 1.54) is 0 Å². The van der Waals surface area contributed by atoms with Crippen molar-refractivity contribution in [3.63, 3.8) is 0 Å². The molecule has 2 rings (SSSR count). The molecule has 1 aliphatic rings. The van der Waals surface area contributed by atoms with E-state index in [1.807, 2.05) is 12.1 Å². The maximum Gasteiger partial charge on any atom is 0.191 e. The topological polar surface area (TPSA) is 52.3 Å². The van der Waals surface area contributed by atoms with Crippen molar-refractivity contribution >= 4 is 21.7 Å². The molecule has 0 aromatic heterocycles. The summed E-state index contributed by atoms with van der Waals surface area (Å²) in [6.07, 6.45) is 0. The Morgan fingerprint density at radius 3 is 3.08 bits per heavy atom. The molecule has 4 heteroatoms. The number of carbonyl (C=O) groups is 1. The van der Waals surface area contributed by atoms with Crippen LogP contribution in [0.1, 0.15) is 11.6 Å². The van der Waals surface area contributed by atoms with E-state index in [1.54, 1.807) is 6.07 Å². The minimum absolute atomic E-state index is 0.0740. The van der Waals surface area contributed by atoms with Crippen molar-refractivity contribution in [1.82, 2.24) is 0 Å². The first-order chi connectivity index (χ1) is 6.18. The first kappa shape index (κ1) is 8.72. The third-order valence-corrected chi connectivity index (χ3v) is 2.52. The minimum Gasteiger partial charge on any atom is -0.485 e. The zero-order chi connectivity index (χ0) is 9.42. The summed E-state index contributed by atoms with van der Waals surface area (Å²) in [5.41, 5.74) is 6.46. The van der Waals surface area contributed by atoms with Gasteiger partial charge in [0.15, 0.2) is 5.78 Å². The van der Waals surface area contributed by atoms with Crippen LogP contribution in [0.3, 0.4) is 0 Å². The largest absolute Gasteiger partial charge is 0.485 e. The summed E-state index contributed by atoms with van der Waals surface area (Å²) in [5.74, 6) is 0.622. The number of rotatable bonds is 0. The molecular formula is C9H8BrNO2. The summed E-state index contributed by atoms with van der Waals surface area (Å²) in [7, 11) is 0. The van der Waals surface area contributed by atoms with E-state index in [0.29, 0.717) is 5.75 Å². The van der Waals surface area contributed by atoms with Crippen LogP contribution in [0.5, 0.6) is 5.75 Å². The van der Waals surface area contributed by atoms with Crippen LogP contribution in [0.15, 0.2) is 22.7 Å². The van der Waals surface area contributed by atoms with E-state index in [-0.39, 0.29) is 12.4 Å². The van der Waals surface area contributed by atoms with Crippen molar-refractivity contribution in [2.45, 2.75) is 6.04 Å². The zero-order valence-electron chi connectivity index (χ0n) is 6.79. The Morgan fingerprint density at radius 1 is 1.54 bits per heavy atom. The molecule has 1 atom stereocenters. The third kappa shape index (κ3) is 1.47. The average Bonchev–Trinajstić information content (AvgIpc) is 2.12. The normalized spacial score (nSPS) is 20.8. The van der Waals surface area contributed by atoms with Crippen molar-refractivity contribution in [1.29, 1.82) is 0 Å². The number of halogens is 1. The van der Waals surface area contributed by atoms with Crippen molar-refractivity contribution < 1.29 is 9.53 Å². The zero-order valence-corrected chi connectivity index (χ0v) is 8.37. The quantitative estimate of drug-likeness (QED) is 0.748. The SMILES string of the molecule is NC1C(=O)COc2cc(Br)ccc21. The lowest BCUT2D eigenvalue weighted by molar-refractivity contribution is -0.123. The van der Waals surface area contributed by atoms with E-state index in [4.69, 9.17) is 10.5 Å². The van der Waals surface area contributed by atoms with Gasteiger partial charge in [0.1, 0.15) is 12.4 Å². The molecule has 2 N–H and O–H groups in total. The van der Waals surface area contributed by atoms with Crippen LogP contribution in [0.4, 0.5) is 0 Å². The number of hydrogen-bond donors (Lipinski definition) is 1. The second kappa shape index (κ2) is 3.12. The number of Topliss-reactive ketones (excluding diaryl/α,β-unsaturated/α-hetero) is 1. The fraction of sp³-hybridized carbons (Fsp3) is 0.222. The molecule has 1 aromatic rings. The van der Waals surface area contributed by atoms with Crippen LogP contribution >= 0.6 is 15.9 Å². The predicted octanol–water partition coefficient (Wildman–Crippen LogP) is 1.41. The number of benzene rings is 1. The van der Waals surface area contributed by atoms with Gasteiger partial charge in [-0.05, 0) is 12.1 Å². The molecule has 1 aromatic carbocycles. The first-order valence-electron chi connectivity index (χ1n) is 3.89. The Kier molecular flexibility index (Phi) is 2.09. The Balaban J connectivity index is 2.49. The van der Waals surface area contributed by atoms with Crippen LogP contribution in [0.2, 0.25) is 0 Å². The van der Waals surface area contributed by atoms with E-state index in [0.717, 1.165) is 10.0 Å². The van der Waals surface area contributed by atoms with Gasteiger partial charge in [0.25, 0.3) is 0 Å². The predicted molar refractivity (Wildman–Crippen MR) is 51.6 cm³/mol. The van der Waals surface area contributed by atoms with Crippen LogP contribution in [0.25, 0.3) is 0 Å². The number of ketones is 1. The van der Waals surface area contributed by atoms with Gasteiger partial charge in [-0.25, -0.2) is 0 Å². The fourth-order valence-electron chi connectivity index (χ4n) is 1.30. The van der Waals surface area contributed by atoms with Crippen LogP contribution in [0, 0.1) is 0 Å². The molecule has 1 aliphatic heterocycles. The number of hydrogen-bond acceptors (Lipinski definition) is 3. The van der Waals surface area contributed by atoms with Crippen LogP contribution in [-0.4, -0.2) is 12.4 Å². The molecule has 0 saturated carbocycles. The summed E-state index contributed by atoms with van der Waals surface area (Å²) < 4.78 is 6.15. The lowest BCUT2D eigenvalue weighted by Gasteiger charge is -2.21. The Labute approximate surface area is 84.0 Å². The molecule has 0 spiro atoms. The monoisotopic (exact) mass is 241 g/mol. The third-order valence-electron chi connectivity index (χ3n) is 2.03. The highest BCUT2D eigenvalue weighted by Crippen LogP contribution is 2.31. The summed E-state index contributed by atoms with van der Waals surface area (Å²) in [6.45, 7) is 0.0740. The first-order valence-corrected chi connectivity index (χ1v) is 4.68. The van der Waals surface area contributed by atoms with Gasteiger partial charge in [0.05, 0.1) is 6.04 Å². The molecule has 1 heterocycles. The van der Waals surface area contributed by atoms with E-state index in [2.05, 4.69) is 15.9 Å². The van der Waals surface area contributed by atoms with Gasteiger partial charge in [-0.3, -0.25) is 4.79 Å². The van der Waals surface area contributed by atoms with Crippen LogP contribution < -0.4 is 10.5 Å². The Hall–Kier alpha value is -0.870. The van der Waals surface area contributed by atoms with E-state index >= 15 is 0 Å². The second-order valence-corrected chi connectivity index (χ2v) is 3.83. The van der Waals surface area contributed by atoms with Crippen molar-refractivity contribution in [2.24, 2.45) is 5.73 Å². The molecule has 0 amide bonds. The number of fused-ring (bicyclic) bond motifs is 1. The van der Waals surface area contributed by atoms with Gasteiger partial charge in [0.2, 0.25) is 0 Å². The Bertz CT molecular complexity index is 365. The van der Waals surface area contributed by atoms with Gasteiger partial charge in [-0.1, -0.05) is 22.0 Å². The summed E-state index contributed by atoms with van der Waals surface area (Å²) in [4.78, 5) is 11.2. The van der Waals surface area contributed by atoms with Crippen LogP contribution in [-0.2, 0) is 4.79 Å². The number of nitrogens with two attached hydrogens (primary N) is 1. The van der Waals surface area contributed by atoms with Crippen molar-refractivity contribution in [2.75, 3.05) is 6.61 Å². The summed E-state index contributed by atoms with van der Waals surface area (Å²) in [5, 5.41) is 0. The Morgan fingerprint density at radius 2 is 2.31 bits per heavy atom. The molecule has 1 unspecified atom stereocenters. The standard InChI is InChI=1S/C9H8BrNO2/c10-5-1-2-6-8(3-5)13-4-7(12)9(6)11/h1-3,9H,4,11H2. The lowest BCUT2D eigenvalue weighted by atomic mass is 10.0. The minimum atomic E-state index is -0.531. The van der Waals surface area contributed by atoms with Gasteiger partial charge in [-0.2, -0.15) is 0 Å². The fourth-order valence-corrected chi connectivity index (χ4v) is 1.64. The highest BCUT2D eigenvalue weighted by atomic mass is 79.9. The lowest BCUT2D eigenvalue weighted by Crippen LogP contribution is -2.31. The molecule has 13 heavy (non-hydrogen) atoms. The molecule has 0 saturated heterocycles. The second-order valence-electron chi connectivity index (χ2n) is 2.91. The molecule has 0 bridgehead atoms. The maximum atomic E-state index is 11.2. The number of carbonyl (C=O) groups excluding carboxylic acids is 1. The molecule has 3 nitrogen and oxygen atoms in total.